The number of hydrogen-bond acceptors (Lipinski definition) is 6. The maximum absolute atomic E-state index is 12.9. The Morgan fingerprint density at radius 3 is 1.63 bits per heavy atom. The molecule has 0 heterocycles. The Balaban J connectivity index is 3.32. The second kappa shape index (κ2) is 4.71. The summed E-state index contributed by atoms with van der Waals surface area (Å²) >= 11 is 0. The van der Waals surface area contributed by atoms with E-state index >= 15 is 0 Å². The number of halogens is 3. The minimum atomic E-state index is -4.94. The topological polar surface area (TPSA) is 78.9 Å². The van der Waals surface area contributed by atoms with Gasteiger partial charge in [0.15, 0.2) is 5.41 Å². The summed E-state index contributed by atoms with van der Waals surface area (Å²) in [6.07, 6.45) is -4.94. The van der Waals surface area contributed by atoms with Crippen molar-refractivity contribution in [2.24, 2.45) is 17.3 Å². The SMILES string of the molecule is COC(=O)[C@H]1[C@H](C(F)(F)F)C1(C(=O)OC)C(=O)OC. The summed E-state index contributed by atoms with van der Waals surface area (Å²) in [5.74, 6) is -8.77. The van der Waals surface area contributed by atoms with Crippen LogP contribution < -0.4 is 0 Å². The second-order valence-corrected chi connectivity index (χ2v) is 3.87. The first-order valence-electron chi connectivity index (χ1n) is 5.00. The van der Waals surface area contributed by atoms with Gasteiger partial charge in [-0.2, -0.15) is 13.2 Å². The van der Waals surface area contributed by atoms with Crippen molar-refractivity contribution in [3.63, 3.8) is 0 Å². The Kier molecular flexibility index (Phi) is 3.78. The van der Waals surface area contributed by atoms with Crippen LogP contribution in [0.4, 0.5) is 13.2 Å². The van der Waals surface area contributed by atoms with Crippen molar-refractivity contribution in [1.29, 1.82) is 0 Å². The highest BCUT2D eigenvalue weighted by atomic mass is 19.4. The Morgan fingerprint density at radius 1 is 0.947 bits per heavy atom. The summed E-state index contributed by atoms with van der Waals surface area (Å²) in [7, 11) is 2.48. The normalized spacial score (nSPS) is 24.3. The van der Waals surface area contributed by atoms with E-state index < -0.39 is 41.3 Å². The van der Waals surface area contributed by atoms with E-state index in [1.54, 1.807) is 0 Å². The van der Waals surface area contributed by atoms with Gasteiger partial charge < -0.3 is 14.2 Å². The number of methoxy groups -OCH3 is 3. The van der Waals surface area contributed by atoms with Gasteiger partial charge in [0.05, 0.1) is 33.2 Å². The molecule has 0 aromatic heterocycles. The van der Waals surface area contributed by atoms with Gasteiger partial charge in [-0.1, -0.05) is 0 Å². The third-order valence-corrected chi connectivity index (χ3v) is 3.06. The molecule has 0 bridgehead atoms. The first kappa shape index (κ1) is 15.3. The number of carbonyl (C=O) groups is 3. The van der Waals surface area contributed by atoms with Gasteiger partial charge in [0.25, 0.3) is 0 Å². The van der Waals surface area contributed by atoms with Gasteiger partial charge in [0.1, 0.15) is 0 Å². The monoisotopic (exact) mass is 284 g/mol. The minimum Gasteiger partial charge on any atom is -0.469 e. The van der Waals surface area contributed by atoms with Crippen molar-refractivity contribution >= 4 is 17.9 Å². The molecule has 0 aromatic rings. The molecule has 1 aliphatic rings. The molecule has 19 heavy (non-hydrogen) atoms. The molecule has 0 saturated heterocycles. The van der Waals surface area contributed by atoms with Crippen molar-refractivity contribution in [1.82, 2.24) is 0 Å². The summed E-state index contributed by atoms with van der Waals surface area (Å²) in [6.45, 7) is 0. The zero-order valence-electron chi connectivity index (χ0n) is 10.2. The molecular weight excluding hydrogens is 273 g/mol. The molecule has 1 saturated carbocycles. The molecule has 9 heteroatoms. The first-order valence-corrected chi connectivity index (χ1v) is 5.00. The van der Waals surface area contributed by atoms with E-state index in [4.69, 9.17) is 0 Å². The Bertz CT molecular complexity index is 400. The van der Waals surface area contributed by atoms with Gasteiger partial charge in [-0.25, -0.2) is 0 Å². The van der Waals surface area contributed by atoms with E-state index in [2.05, 4.69) is 14.2 Å². The standard InChI is InChI=1S/C10H11F3O6/c1-17-6(14)4-5(10(11,12)13)9(4,7(15)18-2)8(16)19-3/h4-5H,1-3H3/t4-,5+/m1/s1. The fourth-order valence-electron chi connectivity index (χ4n) is 2.21. The molecule has 108 valence electrons. The van der Waals surface area contributed by atoms with Crippen LogP contribution in [-0.2, 0) is 28.6 Å². The third-order valence-electron chi connectivity index (χ3n) is 3.06. The average Bonchev–Trinajstić information content (AvgIpc) is 3.07. The van der Waals surface area contributed by atoms with Crippen LogP contribution in [0.25, 0.3) is 0 Å². The molecule has 2 atom stereocenters. The summed E-state index contributed by atoms with van der Waals surface area (Å²) in [4.78, 5) is 34.5. The maximum Gasteiger partial charge on any atom is 0.394 e. The first-order chi connectivity index (χ1) is 8.69. The van der Waals surface area contributed by atoms with E-state index in [0.717, 1.165) is 21.3 Å². The number of ether oxygens (including phenoxy) is 3. The summed E-state index contributed by atoms with van der Waals surface area (Å²) in [5, 5.41) is 0. The van der Waals surface area contributed by atoms with Crippen LogP contribution in [0, 0.1) is 17.3 Å². The van der Waals surface area contributed by atoms with Gasteiger partial charge in [-0.05, 0) is 0 Å². The molecule has 1 rings (SSSR count). The molecule has 0 radical (unpaired) electrons. The Labute approximate surface area is 105 Å². The summed E-state index contributed by atoms with van der Waals surface area (Å²) in [6, 6.07) is 0. The molecule has 0 aliphatic heterocycles. The summed E-state index contributed by atoms with van der Waals surface area (Å²) < 4.78 is 51.2. The van der Waals surface area contributed by atoms with Crippen LogP contribution in [-0.4, -0.2) is 45.4 Å². The maximum atomic E-state index is 12.9. The van der Waals surface area contributed by atoms with Crippen LogP contribution in [0.1, 0.15) is 0 Å². The lowest BCUT2D eigenvalue weighted by atomic mass is 10.0. The molecule has 6 nitrogen and oxygen atoms in total. The smallest absolute Gasteiger partial charge is 0.394 e. The van der Waals surface area contributed by atoms with E-state index in [1.807, 2.05) is 0 Å². The highest BCUT2D eigenvalue weighted by Crippen LogP contribution is 2.66. The predicted molar refractivity (Wildman–Crippen MR) is 51.5 cm³/mol. The van der Waals surface area contributed by atoms with Crippen molar-refractivity contribution in [2.75, 3.05) is 21.3 Å². The lowest BCUT2D eigenvalue weighted by molar-refractivity contribution is -0.180. The van der Waals surface area contributed by atoms with E-state index in [0.29, 0.717) is 0 Å². The van der Waals surface area contributed by atoms with Gasteiger partial charge in [-0.3, -0.25) is 14.4 Å². The van der Waals surface area contributed by atoms with E-state index in [-0.39, 0.29) is 0 Å². The van der Waals surface area contributed by atoms with Crippen LogP contribution in [0.15, 0.2) is 0 Å². The van der Waals surface area contributed by atoms with Crippen molar-refractivity contribution in [3.8, 4) is 0 Å². The largest absolute Gasteiger partial charge is 0.469 e. The average molecular weight is 284 g/mol. The number of rotatable bonds is 3. The van der Waals surface area contributed by atoms with E-state index in [1.165, 1.54) is 0 Å². The number of hydrogen-bond donors (Lipinski definition) is 0. The lowest BCUT2D eigenvalue weighted by Gasteiger charge is -2.13. The Morgan fingerprint density at radius 2 is 1.37 bits per heavy atom. The zero-order chi connectivity index (χ0) is 15.0. The highest BCUT2D eigenvalue weighted by Gasteiger charge is 2.87. The van der Waals surface area contributed by atoms with Crippen LogP contribution in [0.5, 0.6) is 0 Å². The predicted octanol–water partition coefficient (Wildman–Crippen LogP) is 0.300. The summed E-state index contributed by atoms with van der Waals surface area (Å²) in [5.41, 5.74) is -2.71. The number of esters is 3. The second-order valence-electron chi connectivity index (χ2n) is 3.87. The molecule has 0 aromatic carbocycles. The highest BCUT2D eigenvalue weighted by molar-refractivity contribution is 6.10. The zero-order valence-corrected chi connectivity index (χ0v) is 10.2. The van der Waals surface area contributed by atoms with Crippen LogP contribution in [0.3, 0.4) is 0 Å². The minimum absolute atomic E-state index is 0.813. The molecule has 0 N–H and O–H groups in total. The molecule has 0 amide bonds. The van der Waals surface area contributed by atoms with Crippen molar-refractivity contribution < 1.29 is 41.8 Å². The fraction of sp³-hybridized carbons (Fsp3) is 0.700. The third kappa shape index (κ3) is 2.02. The fourth-order valence-corrected chi connectivity index (χ4v) is 2.21. The molecule has 0 unspecified atom stereocenters. The molecular formula is C10H11F3O6. The van der Waals surface area contributed by atoms with Crippen LogP contribution in [0.2, 0.25) is 0 Å². The van der Waals surface area contributed by atoms with Gasteiger partial charge in [0, 0.05) is 0 Å². The Hall–Kier alpha value is -1.80. The van der Waals surface area contributed by atoms with E-state index in [9.17, 15) is 27.6 Å². The molecule has 1 aliphatic carbocycles. The van der Waals surface area contributed by atoms with Gasteiger partial charge >= 0.3 is 24.1 Å². The quantitative estimate of drug-likeness (QED) is 0.421. The molecule has 0 spiro atoms. The van der Waals surface area contributed by atoms with Gasteiger partial charge in [0.2, 0.25) is 0 Å². The van der Waals surface area contributed by atoms with Crippen LogP contribution >= 0.6 is 0 Å². The van der Waals surface area contributed by atoms with Gasteiger partial charge in [-0.15, -0.1) is 0 Å². The van der Waals surface area contributed by atoms with Crippen molar-refractivity contribution in [2.45, 2.75) is 6.18 Å². The van der Waals surface area contributed by atoms with Crippen molar-refractivity contribution in [3.05, 3.63) is 0 Å². The molecule has 1 fully saturated rings. The number of alkyl halides is 3. The lowest BCUT2D eigenvalue weighted by Crippen LogP contribution is -2.35. The number of carbonyl (C=O) groups excluding carboxylic acids is 3.